The quantitative estimate of drug-likeness (QED) is 0.484. The first kappa shape index (κ1) is 26.2. The summed E-state index contributed by atoms with van der Waals surface area (Å²) in [6.45, 7) is 22.6. The summed E-state index contributed by atoms with van der Waals surface area (Å²) in [6, 6.07) is 14.9. The third-order valence-corrected chi connectivity index (χ3v) is 3.15. The third-order valence-electron chi connectivity index (χ3n) is 3.15. The van der Waals surface area contributed by atoms with Crippen LogP contribution in [-0.2, 0) is 0 Å². The van der Waals surface area contributed by atoms with Crippen molar-refractivity contribution in [2.45, 2.75) is 62.3 Å². The van der Waals surface area contributed by atoms with E-state index in [0.29, 0.717) is 0 Å². The fourth-order valence-electron chi connectivity index (χ4n) is 1.85. The maximum atomic E-state index is 3.79. The fraction of sp³-hybridized carbons (Fsp3) is 0.385. The van der Waals surface area contributed by atoms with Crippen LogP contribution in [0.3, 0.4) is 0 Å². The molecule has 0 aromatic heterocycles. The highest BCUT2D eigenvalue weighted by atomic mass is 14.0. The van der Waals surface area contributed by atoms with E-state index in [0.717, 1.165) is 11.5 Å². The summed E-state index contributed by atoms with van der Waals surface area (Å²) >= 11 is 0. The highest BCUT2D eigenvalue weighted by molar-refractivity contribution is 5.71. The second kappa shape index (κ2) is 16.4. The van der Waals surface area contributed by atoms with Gasteiger partial charge in [0, 0.05) is 0 Å². The third kappa shape index (κ3) is 12.3. The van der Waals surface area contributed by atoms with Gasteiger partial charge < -0.3 is 0 Å². The monoisotopic (exact) mass is 352 g/mol. The first-order chi connectivity index (χ1) is 12.4. The summed E-state index contributed by atoms with van der Waals surface area (Å²) in [5, 5.41) is 0. The number of hydrogen-bond acceptors (Lipinski definition) is 0. The van der Waals surface area contributed by atoms with E-state index in [1.807, 2.05) is 33.8 Å². The van der Waals surface area contributed by atoms with Gasteiger partial charge in [-0.3, -0.25) is 0 Å². The summed E-state index contributed by atoms with van der Waals surface area (Å²) in [5.41, 5.74) is 6.25. The second-order valence-electron chi connectivity index (χ2n) is 6.28. The molecule has 0 aliphatic carbocycles. The van der Waals surface area contributed by atoms with Crippen LogP contribution in [-0.4, -0.2) is 0 Å². The molecule has 0 radical (unpaired) electrons. The van der Waals surface area contributed by atoms with E-state index in [9.17, 15) is 0 Å². The van der Waals surface area contributed by atoms with Crippen molar-refractivity contribution in [1.29, 1.82) is 0 Å². The average molecular weight is 353 g/mol. The van der Waals surface area contributed by atoms with E-state index >= 15 is 0 Å². The van der Waals surface area contributed by atoms with E-state index in [-0.39, 0.29) is 0 Å². The number of aryl methyl sites for hydroxylation is 2. The first-order valence-corrected chi connectivity index (χ1v) is 9.90. The lowest BCUT2D eigenvalue weighted by atomic mass is 10.0. The molecule has 2 aromatic carbocycles. The van der Waals surface area contributed by atoms with Crippen LogP contribution in [0.25, 0.3) is 18.2 Å². The second-order valence-corrected chi connectivity index (χ2v) is 6.28. The smallest absolute Gasteiger partial charge is 0.0251 e. The highest BCUT2D eigenvalue weighted by Crippen LogP contribution is 2.14. The summed E-state index contributed by atoms with van der Waals surface area (Å²) in [6.07, 6.45) is 6.15. The zero-order valence-corrected chi connectivity index (χ0v) is 18.6. The lowest BCUT2D eigenvalue weighted by molar-refractivity contribution is 0.737. The Balaban J connectivity index is 0. The van der Waals surface area contributed by atoms with Crippen molar-refractivity contribution in [3.8, 4) is 0 Å². The Kier molecular flexibility index (Phi) is 16.5. The SMILES string of the molecule is C=Cc1cccc(/C=C/c2ccc(C)c(C)c2)c1.CC.CC.CC(C)C. The number of benzene rings is 2. The van der Waals surface area contributed by atoms with Gasteiger partial charge in [-0.05, 0) is 53.6 Å². The molecule has 26 heavy (non-hydrogen) atoms. The highest BCUT2D eigenvalue weighted by Gasteiger charge is 1.93. The number of rotatable bonds is 3. The largest absolute Gasteiger partial charge is 0.0985 e. The summed E-state index contributed by atoms with van der Waals surface area (Å²) in [4.78, 5) is 0. The predicted molar refractivity (Wildman–Crippen MR) is 125 cm³/mol. The van der Waals surface area contributed by atoms with Crippen molar-refractivity contribution >= 4 is 18.2 Å². The summed E-state index contributed by atoms with van der Waals surface area (Å²) < 4.78 is 0. The molecule has 0 saturated heterocycles. The normalized spacial score (nSPS) is 9.31. The van der Waals surface area contributed by atoms with Crippen molar-refractivity contribution in [1.82, 2.24) is 0 Å². The van der Waals surface area contributed by atoms with Crippen molar-refractivity contribution < 1.29 is 0 Å². The Morgan fingerprint density at radius 2 is 1.15 bits per heavy atom. The summed E-state index contributed by atoms with van der Waals surface area (Å²) in [7, 11) is 0. The minimum atomic E-state index is 0.833. The Bertz CT molecular complexity index is 627. The van der Waals surface area contributed by atoms with E-state index in [1.54, 1.807) is 0 Å². The molecular formula is C26H40. The Morgan fingerprint density at radius 3 is 1.62 bits per heavy atom. The van der Waals surface area contributed by atoms with Crippen LogP contribution in [0, 0.1) is 19.8 Å². The molecule has 0 amide bonds. The molecular weight excluding hydrogens is 312 g/mol. The van der Waals surface area contributed by atoms with E-state index in [4.69, 9.17) is 0 Å². The lowest BCUT2D eigenvalue weighted by Crippen LogP contribution is -1.81. The predicted octanol–water partition coefficient (Wildman–Crippen LogP) is 8.83. The van der Waals surface area contributed by atoms with E-state index in [1.165, 1.54) is 22.3 Å². The average Bonchev–Trinajstić information content (AvgIpc) is 2.66. The molecule has 0 spiro atoms. The minimum Gasteiger partial charge on any atom is -0.0985 e. The number of hydrogen-bond donors (Lipinski definition) is 0. The van der Waals surface area contributed by atoms with Gasteiger partial charge in [-0.2, -0.15) is 0 Å². The van der Waals surface area contributed by atoms with Crippen LogP contribution in [0.15, 0.2) is 49.0 Å². The molecule has 0 N–H and O–H groups in total. The molecule has 0 aliphatic rings. The van der Waals surface area contributed by atoms with Gasteiger partial charge in [0.25, 0.3) is 0 Å². The first-order valence-electron chi connectivity index (χ1n) is 9.90. The van der Waals surface area contributed by atoms with Gasteiger partial charge in [-0.15, -0.1) is 0 Å². The maximum Gasteiger partial charge on any atom is -0.0251 e. The Hall–Kier alpha value is -2.08. The van der Waals surface area contributed by atoms with Gasteiger partial charge in [-0.1, -0.05) is 110 Å². The molecule has 0 aliphatic heterocycles. The molecule has 0 bridgehead atoms. The molecule has 0 fully saturated rings. The molecule has 0 atom stereocenters. The molecule has 2 aromatic rings. The molecule has 0 saturated carbocycles. The van der Waals surface area contributed by atoms with E-state index in [2.05, 4.69) is 95.8 Å². The van der Waals surface area contributed by atoms with Crippen LogP contribution in [0.2, 0.25) is 0 Å². The summed E-state index contributed by atoms with van der Waals surface area (Å²) in [5.74, 6) is 0.833. The topological polar surface area (TPSA) is 0 Å². The van der Waals surface area contributed by atoms with E-state index < -0.39 is 0 Å². The van der Waals surface area contributed by atoms with Gasteiger partial charge in [0.1, 0.15) is 0 Å². The van der Waals surface area contributed by atoms with Crippen LogP contribution in [0.4, 0.5) is 0 Å². The molecule has 0 heterocycles. The van der Waals surface area contributed by atoms with Gasteiger partial charge in [0.15, 0.2) is 0 Å². The van der Waals surface area contributed by atoms with Crippen molar-refractivity contribution in [3.05, 3.63) is 76.9 Å². The molecule has 0 unspecified atom stereocenters. The van der Waals surface area contributed by atoms with Crippen LogP contribution < -0.4 is 0 Å². The molecule has 144 valence electrons. The Morgan fingerprint density at radius 1 is 0.692 bits per heavy atom. The molecule has 0 nitrogen and oxygen atoms in total. The van der Waals surface area contributed by atoms with Crippen molar-refractivity contribution in [2.75, 3.05) is 0 Å². The van der Waals surface area contributed by atoms with Gasteiger partial charge in [-0.25, -0.2) is 0 Å². The Labute approximate surface area is 163 Å². The van der Waals surface area contributed by atoms with Crippen LogP contribution in [0.1, 0.15) is 76.3 Å². The van der Waals surface area contributed by atoms with Gasteiger partial charge in [0.2, 0.25) is 0 Å². The molecule has 0 heteroatoms. The van der Waals surface area contributed by atoms with Gasteiger partial charge in [0.05, 0.1) is 0 Å². The molecule has 2 rings (SSSR count). The maximum absolute atomic E-state index is 3.79. The van der Waals surface area contributed by atoms with Crippen molar-refractivity contribution in [3.63, 3.8) is 0 Å². The van der Waals surface area contributed by atoms with Crippen LogP contribution in [0.5, 0.6) is 0 Å². The zero-order valence-electron chi connectivity index (χ0n) is 18.6. The fourth-order valence-corrected chi connectivity index (χ4v) is 1.85. The minimum absolute atomic E-state index is 0.833. The van der Waals surface area contributed by atoms with Crippen molar-refractivity contribution in [2.24, 2.45) is 5.92 Å². The lowest BCUT2D eigenvalue weighted by Gasteiger charge is -2.01. The zero-order chi connectivity index (χ0) is 20.5. The standard InChI is InChI=1S/C18H18.C4H10.2C2H6/c1-4-16-6-5-7-17(13-16)10-11-18-9-8-14(2)15(3)12-18;1-4(2)3;2*1-2/h4-13H,1H2,2-3H3;4H,1-3H3;2*1-2H3/b11-10+;;;. The van der Waals surface area contributed by atoms with Gasteiger partial charge >= 0.3 is 0 Å². The van der Waals surface area contributed by atoms with Crippen LogP contribution >= 0.6 is 0 Å².